The Morgan fingerprint density at radius 3 is 2.57 bits per heavy atom. The highest BCUT2D eigenvalue weighted by Crippen LogP contribution is 2.30. The molecular weight excluding hydrogens is 264 g/mol. The van der Waals surface area contributed by atoms with Crippen LogP contribution in [0, 0.1) is 0 Å². The molecule has 3 aromatic rings. The summed E-state index contributed by atoms with van der Waals surface area (Å²) in [6, 6.07) is 14.1. The maximum atomic E-state index is 4.08. The molecule has 0 radical (unpaired) electrons. The molecule has 0 bridgehead atoms. The molecule has 0 saturated heterocycles. The highest BCUT2D eigenvalue weighted by Gasteiger charge is 2.22. The summed E-state index contributed by atoms with van der Waals surface area (Å²) in [6.45, 7) is 0. The highest BCUT2D eigenvalue weighted by molar-refractivity contribution is 5.81. The second-order valence-electron chi connectivity index (χ2n) is 4.56. The predicted octanol–water partition coefficient (Wildman–Crippen LogP) is 2.37. The Labute approximate surface area is 121 Å². The summed E-state index contributed by atoms with van der Waals surface area (Å²) >= 11 is 0. The molecule has 0 unspecified atom stereocenters. The number of pyridine rings is 1. The van der Waals surface area contributed by atoms with E-state index in [4.69, 9.17) is 0 Å². The van der Waals surface area contributed by atoms with Crippen LogP contribution in [-0.2, 0) is 0 Å². The molecule has 0 spiro atoms. The van der Waals surface area contributed by atoms with Crippen LogP contribution in [0.1, 0.15) is 5.56 Å². The lowest BCUT2D eigenvalue weighted by atomic mass is 10.1. The molecule has 0 amide bonds. The van der Waals surface area contributed by atoms with Crippen molar-refractivity contribution in [2.45, 2.75) is 0 Å². The van der Waals surface area contributed by atoms with E-state index in [0.29, 0.717) is 5.95 Å². The zero-order valence-corrected chi connectivity index (χ0v) is 11.1. The van der Waals surface area contributed by atoms with Gasteiger partial charge in [-0.1, -0.05) is 30.3 Å². The van der Waals surface area contributed by atoms with Gasteiger partial charge >= 0.3 is 0 Å². The van der Waals surface area contributed by atoms with Crippen LogP contribution in [0.2, 0.25) is 0 Å². The SMILES string of the molecule is C1=C(c2ccccc2)N(c2ccncc2)n2cnnc2N1. The van der Waals surface area contributed by atoms with Crippen molar-refractivity contribution in [1.29, 1.82) is 0 Å². The molecular formula is C15H12N6. The first kappa shape index (κ1) is 11.7. The summed E-state index contributed by atoms with van der Waals surface area (Å²) in [6.07, 6.45) is 7.15. The van der Waals surface area contributed by atoms with Gasteiger partial charge in [-0.05, 0) is 12.1 Å². The van der Waals surface area contributed by atoms with Crippen molar-refractivity contribution in [3.8, 4) is 0 Å². The molecule has 6 nitrogen and oxygen atoms in total. The Morgan fingerprint density at radius 2 is 1.76 bits per heavy atom. The summed E-state index contributed by atoms with van der Waals surface area (Å²) in [5.74, 6) is 0.673. The van der Waals surface area contributed by atoms with E-state index in [1.54, 1.807) is 18.7 Å². The van der Waals surface area contributed by atoms with E-state index < -0.39 is 0 Å². The number of nitrogens with one attached hydrogen (secondary N) is 1. The van der Waals surface area contributed by atoms with Crippen molar-refractivity contribution in [3.05, 3.63) is 72.9 Å². The zero-order chi connectivity index (χ0) is 14.1. The van der Waals surface area contributed by atoms with Gasteiger partial charge in [0, 0.05) is 24.2 Å². The lowest BCUT2D eigenvalue weighted by molar-refractivity contribution is 0.811. The largest absolute Gasteiger partial charge is 0.327 e. The highest BCUT2D eigenvalue weighted by atomic mass is 15.6. The van der Waals surface area contributed by atoms with Crippen LogP contribution in [-0.4, -0.2) is 19.9 Å². The van der Waals surface area contributed by atoms with Gasteiger partial charge in [-0.2, -0.15) is 0 Å². The molecule has 3 heterocycles. The lowest BCUT2D eigenvalue weighted by Gasteiger charge is -2.31. The average molecular weight is 276 g/mol. The summed E-state index contributed by atoms with van der Waals surface area (Å²) < 4.78 is 1.87. The van der Waals surface area contributed by atoms with E-state index in [2.05, 4.69) is 32.6 Å². The van der Waals surface area contributed by atoms with E-state index in [-0.39, 0.29) is 0 Å². The van der Waals surface area contributed by atoms with Gasteiger partial charge in [0.25, 0.3) is 0 Å². The van der Waals surface area contributed by atoms with Gasteiger partial charge in [0.05, 0.1) is 11.4 Å². The molecule has 6 heteroatoms. The van der Waals surface area contributed by atoms with Crippen molar-refractivity contribution >= 4 is 17.3 Å². The van der Waals surface area contributed by atoms with Gasteiger partial charge in [-0.15, -0.1) is 10.2 Å². The third-order valence-electron chi connectivity index (χ3n) is 3.29. The van der Waals surface area contributed by atoms with Crippen molar-refractivity contribution in [2.75, 3.05) is 10.3 Å². The quantitative estimate of drug-likeness (QED) is 0.778. The minimum absolute atomic E-state index is 0.673. The van der Waals surface area contributed by atoms with Crippen molar-refractivity contribution in [1.82, 2.24) is 19.9 Å². The molecule has 1 aliphatic heterocycles. The molecule has 1 N–H and O–H groups in total. The van der Waals surface area contributed by atoms with Gasteiger partial charge < -0.3 is 5.32 Å². The molecule has 4 rings (SSSR count). The van der Waals surface area contributed by atoms with Crippen LogP contribution in [0.5, 0.6) is 0 Å². The zero-order valence-electron chi connectivity index (χ0n) is 11.1. The van der Waals surface area contributed by atoms with E-state index in [9.17, 15) is 0 Å². The minimum atomic E-state index is 0.673. The Morgan fingerprint density at radius 1 is 0.952 bits per heavy atom. The normalized spacial score (nSPS) is 13.3. The Kier molecular flexibility index (Phi) is 2.64. The molecule has 21 heavy (non-hydrogen) atoms. The third kappa shape index (κ3) is 1.93. The summed E-state index contributed by atoms with van der Waals surface area (Å²) in [4.78, 5) is 4.08. The summed E-state index contributed by atoms with van der Waals surface area (Å²) in [7, 11) is 0. The van der Waals surface area contributed by atoms with Crippen LogP contribution in [0.4, 0.5) is 11.6 Å². The minimum Gasteiger partial charge on any atom is -0.327 e. The Bertz CT molecular complexity index is 778. The van der Waals surface area contributed by atoms with E-state index in [1.165, 1.54) is 0 Å². The number of aromatic nitrogens is 4. The van der Waals surface area contributed by atoms with Gasteiger partial charge in [0.1, 0.15) is 6.33 Å². The van der Waals surface area contributed by atoms with E-state index in [0.717, 1.165) is 16.9 Å². The van der Waals surface area contributed by atoms with Crippen molar-refractivity contribution in [3.63, 3.8) is 0 Å². The first-order valence-electron chi connectivity index (χ1n) is 6.56. The van der Waals surface area contributed by atoms with E-state index >= 15 is 0 Å². The Hall–Kier alpha value is -3.15. The van der Waals surface area contributed by atoms with Crippen molar-refractivity contribution in [2.24, 2.45) is 0 Å². The van der Waals surface area contributed by atoms with Crippen molar-refractivity contribution < 1.29 is 0 Å². The fraction of sp³-hybridized carbons (Fsp3) is 0. The number of rotatable bonds is 2. The fourth-order valence-electron chi connectivity index (χ4n) is 2.34. The van der Waals surface area contributed by atoms with Crippen LogP contribution >= 0.6 is 0 Å². The molecule has 1 aliphatic rings. The smallest absolute Gasteiger partial charge is 0.248 e. The first-order chi connectivity index (χ1) is 10.4. The number of fused-ring (bicyclic) bond motifs is 1. The number of hydrogen-bond acceptors (Lipinski definition) is 5. The maximum Gasteiger partial charge on any atom is 0.248 e. The van der Waals surface area contributed by atoms with Crippen LogP contribution < -0.4 is 10.3 Å². The third-order valence-corrected chi connectivity index (χ3v) is 3.29. The maximum absolute atomic E-state index is 4.08. The second-order valence-corrected chi connectivity index (χ2v) is 4.56. The average Bonchev–Trinajstić information content (AvgIpc) is 3.04. The molecule has 102 valence electrons. The van der Waals surface area contributed by atoms with Crippen LogP contribution in [0.25, 0.3) is 5.70 Å². The first-order valence-corrected chi connectivity index (χ1v) is 6.56. The topological polar surface area (TPSA) is 58.9 Å². The molecule has 0 fully saturated rings. The van der Waals surface area contributed by atoms with Crippen LogP contribution in [0.3, 0.4) is 0 Å². The molecule has 0 atom stereocenters. The molecule has 1 aromatic carbocycles. The van der Waals surface area contributed by atoms with E-state index in [1.807, 2.05) is 46.2 Å². The van der Waals surface area contributed by atoms with Gasteiger partial charge in [0.2, 0.25) is 5.95 Å². The Balaban J connectivity index is 1.88. The molecule has 0 aliphatic carbocycles. The fourth-order valence-corrected chi connectivity index (χ4v) is 2.34. The van der Waals surface area contributed by atoms with Crippen LogP contribution in [0.15, 0.2) is 67.4 Å². The number of hydrogen-bond donors (Lipinski definition) is 1. The molecule has 0 saturated carbocycles. The second kappa shape index (κ2) is 4.75. The number of nitrogens with zero attached hydrogens (tertiary/aromatic N) is 5. The number of benzene rings is 1. The lowest BCUT2D eigenvalue weighted by Crippen LogP contribution is -2.32. The monoisotopic (exact) mass is 276 g/mol. The van der Waals surface area contributed by atoms with Gasteiger partial charge in [-0.25, -0.2) is 9.69 Å². The summed E-state index contributed by atoms with van der Waals surface area (Å²) in [5, 5.41) is 13.2. The van der Waals surface area contributed by atoms with Gasteiger partial charge in [-0.3, -0.25) is 4.98 Å². The number of anilines is 2. The standard InChI is InChI=1S/C15H12N6/c1-2-4-12(5-3-1)14-10-17-15-19-18-11-20(15)21(14)13-6-8-16-9-7-13/h1-11H,(H,17,19). The predicted molar refractivity (Wildman–Crippen MR) is 80.2 cm³/mol. The summed E-state index contributed by atoms with van der Waals surface area (Å²) in [5.41, 5.74) is 3.10. The van der Waals surface area contributed by atoms with Gasteiger partial charge in [0.15, 0.2) is 0 Å². The molecule has 2 aromatic heterocycles.